The van der Waals surface area contributed by atoms with Crippen molar-refractivity contribution in [3.63, 3.8) is 0 Å². The number of rotatable bonds is 7. The van der Waals surface area contributed by atoms with Crippen LogP contribution in [0.1, 0.15) is 52.9 Å². The van der Waals surface area contributed by atoms with Gasteiger partial charge < -0.3 is 15.7 Å². The molecule has 0 saturated carbocycles. The minimum atomic E-state index is -0.748. The van der Waals surface area contributed by atoms with Crippen molar-refractivity contribution in [3.05, 3.63) is 0 Å². The summed E-state index contributed by atoms with van der Waals surface area (Å²) in [7, 11) is 0. The van der Waals surface area contributed by atoms with Crippen LogP contribution in [0.25, 0.3) is 0 Å². The molecule has 0 aromatic rings. The minimum Gasteiger partial charge on any atom is -0.481 e. The number of amides is 1. The van der Waals surface area contributed by atoms with Crippen molar-refractivity contribution in [2.24, 2.45) is 11.8 Å². The molecule has 0 spiro atoms. The molecule has 1 aliphatic heterocycles. The Bertz CT molecular complexity index is 333. The summed E-state index contributed by atoms with van der Waals surface area (Å²) in [6, 6.07) is 0.0172. The Morgan fingerprint density at radius 3 is 2.65 bits per heavy atom. The lowest BCUT2D eigenvalue weighted by molar-refractivity contribution is -0.141. The van der Waals surface area contributed by atoms with Gasteiger partial charge in [0.2, 0.25) is 5.91 Å². The fourth-order valence-electron chi connectivity index (χ4n) is 2.66. The number of carboxylic acid groups (broad SMARTS) is 1. The molecule has 0 aliphatic carbocycles. The lowest BCUT2D eigenvalue weighted by Crippen LogP contribution is -2.52. The van der Waals surface area contributed by atoms with E-state index in [-0.39, 0.29) is 23.9 Å². The summed E-state index contributed by atoms with van der Waals surface area (Å²) < 4.78 is 0. The van der Waals surface area contributed by atoms with Gasteiger partial charge in [0.05, 0.1) is 12.0 Å². The molecule has 116 valence electrons. The molecule has 0 radical (unpaired) electrons. The van der Waals surface area contributed by atoms with Crippen LogP contribution in [0.15, 0.2) is 0 Å². The molecule has 20 heavy (non-hydrogen) atoms. The smallest absolute Gasteiger partial charge is 0.306 e. The number of carboxylic acids is 1. The monoisotopic (exact) mass is 284 g/mol. The van der Waals surface area contributed by atoms with Gasteiger partial charge in [-0.25, -0.2) is 0 Å². The Labute approximate surface area is 121 Å². The molecule has 1 saturated heterocycles. The van der Waals surface area contributed by atoms with E-state index in [1.54, 1.807) is 6.92 Å². The third-order valence-electron chi connectivity index (χ3n) is 4.14. The van der Waals surface area contributed by atoms with Crippen LogP contribution in [0, 0.1) is 11.8 Å². The molecule has 4 atom stereocenters. The van der Waals surface area contributed by atoms with Gasteiger partial charge in [-0.2, -0.15) is 0 Å². The molecule has 0 aromatic heterocycles. The summed E-state index contributed by atoms with van der Waals surface area (Å²) in [4.78, 5) is 22.9. The molecule has 1 fully saturated rings. The van der Waals surface area contributed by atoms with Crippen LogP contribution < -0.4 is 10.6 Å². The van der Waals surface area contributed by atoms with Crippen molar-refractivity contribution in [1.82, 2.24) is 10.6 Å². The van der Waals surface area contributed by atoms with Gasteiger partial charge in [-0.15, -0.1) is 0 Å². The third-order valence-corrected chi connectivity index (χ3v) is 4.14. The molecular formula is C15H28N2O3. The van der Waals surface area contributed by atoms with Crippen LogP contribution in [0.4, 0.5) is 0 Å². The number of hydrogen-bond donors (Lipinski definition) is 3. The molecule has 0 bridgehead atoms. The first-order valence-corrected chi connectivity index (χ1v) is 7.68. The van der Waals surface area contributed by atoms with E-state index in [0.29, 0.717) is 12.3 Å². The number of hydrogen-bond acceptors (Lipinski definition) is 3. The Balaban J connectivity index is 2.25. The fraction of sp³-hybridized carbons (Fsp3) is 0.867. The first kappa shape index (κ1) is 17.0. The van der Waals surface area contributed by atoms with Gasteiger partial charge in [-0.05, 0) is 45.1 Å². The first-order valence-electron chi connectivity index (χ1n) is 7.68. The molecule has 1 aliphatic rings. The van der Waals surface area contributed by atoms with E-state index >= 15 is 0 Å². The third kappa shape index (κ3) is 5.49. The van der Waals surface area contributed by atoms with Crippen LogP contribution in [0.5, 0.6) is 0 Å². The SMILES string of the molecule is CC(CCCC(C)C(=O)O)NC(=O)C1NCCCC1C. The van der Waals surface area contributed by atoms with Gasteiger partial charge in [0, 0.05) is 6.04 Å². The predicted octanol–water partition coefficient (Wildman–Crippen LogP) is 1.77. The second-order valence-corrected chi connectivity index (χ2v) is 6.13. The average Bonchev–Trinajstić information content (AvgIpc) is 2.38. The highest BCUT2D eigenvalue weighted by molar-refractivity contribution is 5.82. The summed E-state index contributed by atoms with van der Waals surface area (Å²) in [5, 5.41) is 15.1. The van der Waals surface area contributed by atoms with Crippen LogP contribution in [0.2, 0.25) is 0 Å². The summed E-state index contributed by atoms with van der Waals surface area (Å²) in [6.45, 7) is 6.72. The summed E-state index contributed by atoms with van der Waals surface area (Å²) in [5.74, 6) is -0.598. The number of nitrogens with one attached hydrogen (secondary N) is 2. The molecule has 5 heteroatoms. The number of carbonyl (C=O) groups is 2. The highest BCUT2D eigenvalue weighted by atomic mass is 16.4. The molecule has 4 unspecified atom stereocenters. The van der Waals surface area contributed by atoms with E-state index in [4.69, 9.17) is 5.11 Å². The van der Waals surface area contributed by atoms with E-state index < -0.39 is 5.97 Å². The number of carbonyl (C=O) groups excluding carboxylic acids is 1. The van der Waals surface area contributed by atoms with E-state index in [2.05, 4.69) is 17.6 Å². The average molecular weight is 284 g/mol. The second-order valence-electron chi connectivity index (χ2n) is 6.13. The topological polar surface area (TPSA) is 78.4 Å². The number of piperidine rings is 1. The zero-order chi connectivity index (χ0) is 15.1. The van der Waals surface area contributed by atoms with Crippen molar-refractivity contribution in [3.8, 4) is 0 Å². The Hall–Kier alpha value is -1.10. The van der Waals surface area contributed by atoms with Gasteiger partial charge in [0.25, 0.3) is 0 Å². The summed E-state index contributed by atoms with van der Waals surface area (Å²) >= 11 is 0. The van der Waals surface area contributed by atoms with E-state index in [1.165, 1.54) is 0 Å². The fourth-order valence-corrected chi connectivity index (χ4v) is 2.66. The molecule has 1 rings (SSSR count). The van der Waals surface area contributed by atoms with E-state index in [0.717, 1.165) is 32.2 Å². The van der Waals surface area contributed by atoms with Crippen LogP contribution in [-0.4, -0.2) is 35.6 Å². The van der Waals surface area contributed by atoms with Crippen LogP contribution in [-0.2, 0) is 9.59 Å². The molecular weight excluding hydrogens is 256 g/mol. The standard InChI is InChI=1S/C15H28N2O3/c1-10-7-5-9-16-13(10)14(18)17-12(3)8-4-6-11(2)15(19)20/h10-13,16H,4-9H2,1-3H3,(H,17,18)(H,19,20). The number of aliphatic carboxylic acids is 1. The second kappa shape index (κ2) is 8.25. The van der Waals surface area contributed by atoms with Gasteiger partial charge in [0.15, 0.2) is 0 Å². The zero-order valence-corrected chi connectivity index (χ0v) is 12.8. The summed E-state index contributed by atoms with van der Waals surface area (Å²) in [5.41, 5.74) is 0. The van der Waals surface area contributed by atoms with Crippen molar-refractivity contribution in [2.75, 3.05) is 6.54 Å². The molecule has 3 N–H and O–H groups in total. The quantitative estimate of drug-likeness (QED) is 0.666. The van der Waals surface area contributed by atoms with Crippen molar-refractivity contribution >= 4 is 11.9 Å². The predicted molar refractivity (Wildman–Crippen MR) is 78.4 cm³/mol. The molecule has 0 aromatic carbocycles. The van der Waals surface area contributed by atoms with Gasteiger partial charge in [0.1, 0.15) is 0 Å². The zero-order valence-electron chi connectivity index (χ0n) is 12.8. The van der Waals surface area contributed by atoms with Crippen molar-refractivity contribution in [2.45, 2.75) is 65.0 Å². The maximum absolute atomic E-state index is 12.2. The lowest BCUT2D eigenvalue weighted by Gasteiger charge is -2.30. The normalized spacial score (nSPS) is 25.8. The largest absolute Gasteiger partial charge is 0.481 e. The Kier molecular flexibility index (Phi) is 6.99. The first-order chi connectivity index (χ1) is 9.41. The maximum atomic E-state index is 12.2. The van der Waals surface area contributed by atoms with Gasteiger partial charge >= 0.3 is 5.97 Å². The van der Waals surface area contributed by atoms with Gasteiger partial charge in [-0.3, -0.25) is 9.59 Å². The molecule has 1 amide bonds. The van der Waals surface area contributed by atoms with Crippen LogP contribution in [0.3, 0.4) is 0 Å². The van der Waals surface area contributed by atoms with Crippen LogP contribution >= 0.6 is 0 Å². The minimum absolute atomic E-state index is 0.0795. The van der Waals surface area contributed by atoms with E-state index in [9.17, 15) is 9.59 Å². The highest BCUT2D eigenvalue weighted by Crippen LogP contribution is 2.16. The Morgan fingerprint density at radius 1 is 1.35 bits per heavy atom. The lowest BCUT2D eigenvalue weighted by atomic mass is 9.92. The van der Waals surface area contributed by atoms with Crippen molar-refractivity contribution in [1.29, 1.82) is 0 Å². The Morgan fingerprint density at radius 2 is 2.05 bits per heavy atom. The summed E-state index contributed by atoms with van der Waals surface area (Å²) in [6.07, 6.45) is 4.53. The van der Waals surface area contributed by atoms with Gasteiger partial charge in [-0.1, -0.05) is 20.3 Å². The van der Waals surface area contributed by atoms with E-state index in [1.807, 2.05) is 6.92 Å². The maximum Gasteiger partial charge on any atom is 0.306 e. The highest BCUT2D eigenvalue weighted by Gasteiger charge is 2.27. The molecule has 1 heterocycles. The van der Waals surface area contributed by atoms with Crippen molar-refractivity contribution < 1.29 is 14.7 Å². The molecule has 5 nitrogen and oxygen atoms in total.